The molecule has 2 heterocycles. The van der Waals surface area contributed by atoms with E-state index in [4.69, 9.17) is 4.74 Å². The summed E-state index contributed by atoms with van der Waals surface area (Å²) in [4.78, 5) is 38.0. The average Bonchev–Trinajstić information content (AvgIpc) is 3.20. The second kappa shape index (κ2) is 7.33. The Morgan fingerprint density at radius 2 is 1.93 bits per heavy atom. The zero-order valence-corrected chi connectivity index (χ0v) is 16.4. The Morgan fingerprint density at radius 1 is 1.21 bits per heavy atom. The van der Waals surface area contributed by atoms with E-state index in [1.807, 2.05) is 36.5 Å². The number of para-hydroxylation sites is 1. The molecule has 2 amide bonds. The first-order valence-electron chi connectivity index (χ1n) is 9.80. The van der Waals surface area contributed by atoms with Gasteiger partial charge in [-0.25, -0.2) is 4.79 Å². The molecule has 0 aliphatic carbocycles. The van der Waals surface area contributed by atoms with E-state index in [2.05, 4.69) is 10.6 Å². The smallest absolute Gasteiger partial charge is 0.338 e. The molecule has 4 N–H and O–H groups in total. The standard InChI is InChI=1S/C22H23N3O4/c1-3-29-20(27)14-8-10-15(11-9-14)23-19(26)17-12-13(2)25-22(17)16-6-4-5-7-18(16)24-21(22)28/h4-11,13,17,25H,3,12H2,1-2H3,(H,23,26)(H,24,28)/p+1/t13-,17+,22-/m0/s1. The van der Waals surface area contributed by atoms with Crippen molar-refractivity contribution < 1.29 is 24.4 Å². The van der Waals surface area contributed by atoms with Gasteiger partial charge in [-0.15, -0.1) is 0 Å². The summed E-state index contributed by atoms with van der Waals surface area (Å²) in [6.45, 7) is 4.08. The Morgan fingerprint density at radius 3 is 2.66 bits per heavy atom. The minimum atomic E-state index is -0.953. The zero-order valence-electron chi connectivity index (χ0n) is 16.4. The number of fused-ring (bicyclic) bond motifs is 2. The number of carbonyl (C=O) groups is 3. The molecule has 1 saturated heterocycles. The van der Waals surface area contributed by atoms with Gasteiger partial charge in [-0.1, -0.05) is 18.2 Å². The zero-order chi connectivity index (χ0) is 20.6. The average molecular weight is 394 g/mol. The maximum absolute atomic E-state index is 13.2. The number of nitrogens with one attached hydrogen (secondary N) is 2. The summed E-state index contributed by atoms with van der Waals surface area (Å²) in [7, 11) is 0. The third kappa shape index (κ3) is 3.17. The SMILES string of the molecule is CCOC(=O)c1ccc(NC(=O)[C@H]2C[C@H](C)[NH2+][C@]23C(=O)Nc2ccccc23)cc1. The largest absolute Gasteiger partial charge is 0.462 e. The van der Waals surface area contributed by atoms with Gasteiger partial charge in [-0.05, 0) is 44.2 Å². The number of ether oxygens (including phenoxy) is 1. The number of hydrogen-bond acceptors (Lipinski definition) is 4. The molecule has 0 saturated carbocycles. The van der Waals surface area contributed by atoms with Crippen molar-refractivity contribution in [2.45, 2.75) is 31.8 Å². The third-order valence-electron chi connectivity index (χ3n) is 5.68. The predicted octanol–water partition coefficient (Wildman–Crippen LogP) is 1.62. The van der Waals surface area contributed by atoms with E-state index in [0.29, 0.717) is 24.3 Å². The number of benzene rings is 2. The number of carbonyl (C=O) groups excluding carboxylic acids is 3. The number of hydrogen-bond donors (Lipinski definition) is 3. The van der Waals surface area contributed by atoms with Gasteiger partial charge in [0.05, 0.1) is 23.9 Å². The number of nitrogens with two attached hydrogens (primary N) is 1. The Hall–Kier alpha value is -3.19. The lowest BCUT2D eigenvalue weighted by atomic mass is 9.79. The predicted molar refractivity (Wildman–Crippen MR) is 107 cm³/mol. The number of anilines is 2. The van der Waals surface area contributed by atoms with Gasteiger partial charge in [0.25, 0.3) is 5.91 Å². The first-order chi connectivity index (χ1) is 14.0. The van der Waals surface area contributed by atoms with Crippen molar-refractivity contribution in [3.05, 3.63) is 59.7 Å². The van der Waals surface area contributed by atoms with Gasteiger partial charge >= 0.3 is 5.97 Å². The molecular weight excluding hydrogens is 370 g/mol. The molecule has 0 aromatic heterocycles. The summed E-state index contributed by atoms with van der Waals surface area (Å²) in [5, 5.41) is 7.85. The van der Waals surface area contributed by atoms with Crippen LogP contribution in [0.2, 0.25) is 0 Å². The Kier molecular flexibility index (Phi) is 4.84. The van der Waals surface area contributed by atoms with Crippen LogP contribution < -0.4 is 16.0 Å². The van der Waals surface area contributed by atoms with Crippen molar-refractivity contribution in [3.8, 4) is 0 Å². The summed E-state index contributed by atoms with van der Waals surface area (Å²) in [5.74, 6) is -1.27. The van der Waals surface area contributed by atoms with E-state index >= 15 is 0 Å². The molecule has 7 heteroatoms. The van der Waals surface area contributed by atoms with E-state index in [0.717, 1.165) is 11.3 Å². The second-order valence-electron chi connectivity index (χ2n) is 7.59. The van der Waals surface area contributed by atoms with Crippen LogP contribution in [0, 0.1) is 5.92 Å². The van der Waals surface area contributed by atoms with Gasteiger partial charge in [0.2, 0.25) is 11.4 Å². The van der Waals surface area contributed by atoms with E-state index in [-0.39, 0.29) is 17.9 Å². The van der Waals surface area contributed by atoms with Crippen molar-refractivity contribution in [1.82, 2.24) is 0 Å². The first kappa shape index (κ1) is 19.1. The molecular formula is C22H24N3O4+. The van der Waals surface area contributed by atoms with Crippen molar-refractivity contribution in [3.63, 3.8) is 0 Å². The van der Waals surface area contributed by atoms with Crippen molar-refractivity contribution in [2.75, 3.05) is 17.2 Å². The van der Waals surface area contributed by atoms with Gasteiger partial charge in [0, 0.05) is 17.7 Å². The highest BCUT2D eigenvalue weighted by atomic mass is 16.5. The first-order valence-corrected chi connectivity index (χ1v) is 9.80. The summed E-state index contributed by atoms with van der Waals surface area (Å²) in [6.07, 6.45) is 0.592. The monoisotopic (exact) mass is 394 g/mol. The molecule has 150 valence electrons. The van der Waals surface area contributed by atoms with Gasteiger partial charge in [0.15, 0.2) is 0 Å². The fraction of sp³-hybridized carbons (Fsp3) is 0.318. The fourth-order valence-corrected chi connectivity index (χ4v) is 4.45. The van der Waals surface area contributed by atoms with Crippen molar-refractivity contribution in [2.24, 2.45) is 5.92 Å². The minimum absolute atomic E-state index is 0.133. The maximum Gasteiger partial charge on any atom is 0.338 e. The maximum atomic E-state index is 13.2. The van der Waals surface area contributed by atoms with E-state index in [1.54, 1.807) is 31.2 Å². The summed E-state index contributed by atoms with van der Waals surface area (Å²) in [5.41, 5.74) is 1.66. The topological polar surface area (TPSA) is 101 Å². The fourth-order valence-electron chi connectivity index (χ4n) is 4.45. The number of esters is 1. The molecule has 29 heavy (non-hydrogen) atoms. The van der Waals surface area contributed by atoms with Crippen LogP contribution in [0.5, 0.6) is 0 Å². The summed E-state index contributed by atoms with van der Waals surface area (Å²) >= 11 is 0. The van der Waals surface area contributed by atoms with Crippen LogP contribution in [0.1, 0.15) is 36.2 Å². The lowest BCUT2D eigenvalue weighted by Gasteiger charge is -2.25. The van der Waals surface area contributed by atoms with Crippen LogP contribution >= 0.6 is 0 Å². The number of quaternary nitrogens is 1. The normalized spacial score (nSPS) is 24.8. The molecule has 4 rings (SSSR count). The molecule has 2 aliphatic rings. The molecule has 0 bridgehead atoms. The minimum Gasteiger partial charge on any atom is -0.462 e. The lowest BCUT2D eigenvalue weighted by molar-refractivity contribution is -0.729. The van der Waals surface area contributed by atoms with E-state index in [9.17, 15) is 14.4 Å². The molecule has 2 aromatic carbocycles. The van der Waals surface area contributed by atoms with Crippen LogP contribution in [-0.4, -0.2) is 30.4 Å². The summed E-state index contributed by atoms with van der Waals surface area (Å²) < 4.78 is 4.98. The van der Waals surface area contributed by atoms with E-state index in [1.165, 1.54) is 0 Å². The van der Waals surface area contributed by atoms with Crippen LogP contribution in [0.3, 0.4) is 0 Å². The van der Waals surface area contributed by atoms with Crippen LogP contribution in [0.15, 0.2) is 48.5 Å². The number of amides is 2. The van der Waals surface area contributed by atoms with Gasteiger partial charge in [0.1, 0.15) is 5.92 Å². The Balaban J connectivity index is 1.58. The molecule has 2 aromatic rings. The molecule has 3 atom stereocenters. The highest BCUT2D eigenvalue weighted by Gasteiger charge is 2.63. The van der Waals surface area contributed by atoms with E-state index < -0.39 is 17.4 Å². The molecule has 1 fully saturated rings. The van der Waals surface area contributed by atoms with Gasteiger partial charge in [-0.3, -0.25) is 9.59 Å². The highest BCUT2D eigenvalue weighted by molar-refractivity contribution is 6.09. The van der Waals surface area contributed by atoms with Crippen molar-refractivity contribution in [1.29, 1.82) is 0 Å². The van der Waals surface area contributed by atoms with Gasteiger partial charge in [-0.2, -0.15) is 0 Å². The molecule has 0 radical (unpaired) electrons. The summed E-state index contributed by atoms with van der Waals surface area (Å²) in [6, 6.07) is 14.2. The lowest BCUT2D eigenvalue weighted by Crippen LogP contribution is -2.97. The Labute approximate surface area is 168 Å². The van der Waals surface area contributed by atoms with Crippen LogP contribution in [0.4, 0.5) is 11.4 Å². The highest BCUT2D eigenvalue weighted by Crippen LogP contribution is 2.42. The van der Waals surface area contributed by atoms with Gasteiger partial charge < -0.3 is 20.7 Å². The van der Waals surface area contributed by atoms with Crippen LogP contribution in [0.25, 0.3) is 0 Å². The quantitative estimate of drug-likeness (QED) is 0.686. The number of rotatable bonds is 4. The third-order valence-corrected chi connectivity index (χ3v) is 5.68. The van der Waals surface area contributed by atoms with Crippen molar-refractivity contribution >= 4 is 29.2 Å². The molecule has 1 spiro atoms. The van der Waals surface area contributed by atoms with Crippen LogP contribution in [-0.2, 0) is 19.9 Å². The Bertz CT molecular complexity index is 972. The molecule has 7 nitrogen and oxygen atoms in total. The molecule has 2 aliphatic heterocycles. The second-order valence-corrected chi connectivity index (χ2v) is 7.59. The molecule has 0 unspecified atom stereocenters.